The van der Waals surface area contributed by atoms with E-state index < -0.39 is 0 Å². The van der Waals surface area contributed by atoms with Gasteiger partial charge >= 0.3 is 0 Å². The van der Waals surface area contributed by atoms with Crippen LogP contribution >= 0.6 is 0 Å². The number of hydrogen-bond acceptors (Lipinski definition) is 3. The highest BCUT2D eigenvalue weighted by Gasteiger charge is 2.24. The third-order valence-corrected chi connectivity index (χ3v) is 6.53. The maximum absolute atomic E-state index is 12.1. The van der Waals surface area contributed by atoms with Crippen molar-refractivity contribution < 1.29 is 4.92 Å². The molecule has 0 saturated carbocycles. The van der Waals surface area contributed by atoms with Gasteiger partial charge in [-0.25, -0.2) is 0 Å². The molecule has 0 spiro atoms. The molecular weight excluding hydrogens is 444 g/mol. The van der Waals surface area contributed by atoms with Crippen LogP contribution in [0.3, 0.4) is 0 Å². The SMILES string of the molecule is CC(C)(C)c1cc(-c2ccccc2)c(Nc2c([N+](=O)[O-])ccc3ccccc23)c(-c2ccccc2)c1. The van der Waals surface area contributed by atoms with Gasteiger partial charge in [0, 0.05) is 22.6 Å². The van der Waals surface area contributed by atoms with Gasteiger partial charge in [0.05, 0.1) is 10.6 Å². The van der Waals surface area contributed by atoms with Gasteiger partial charge in [-0.05, 0) is 45.7 Å². The molecule has 0 aromatic heterocycles. The Hall–Kier alpha value is -4.44. The van der Waals surface area contributed by atoms with E-state index in [-0.39, 0.29) is 16.0 Å². The highest BCUT2D eigenvalue weighted by molar-refractivity contribution is 6.03. The van der Waals surface area contributed by atoms with Crippen LogP contribution in [0.5, 0.6) is 0 Å². The quantitative estimate of drug-likeness (QED) is 0.205. The molecule has 0 aliphatic rings. The van der Waals surface area contributed by atoms with Crippen LogP contribution in [0.4, 0.5) is 17.1 Å². The molecule has 0 aliphatic heterocycles. The number of nitrogens with zero attached hydrogens (tertiary/aromatic N) is 1. The standard InChI is InChI=1S/C32H28N2O2/c1-32(2,3)25-20-27(22-12-6-4-7-13-22)30(28(21-25)23-14-8-5-9-15-23)33-31-26-17-11-10-16-24(26)18-19-29(31)34(35)36/h4-21,33H,1-3H3. The average molecular weight is 473 g/mol. The molecule has 0 fully saturated rings. The normalized spacial score (nSPS) is 11.4. The molecule has 36 heavy (non-hydrogen) atoms. The Labute approximate surface area is 211 Å². The molecule has 4 heteroatoms. The minimum Gasteiger partial charge on any atom is -0.348 e. The summed E-state index contributed by atoms with van der Waals surface area (Å²) >= 11 is 0. The Morgan fingerprint density at radius 1 is 0.667 bits per heavy atom. The van der Waals surface area contributed by atoms with Crippen LogP contribution in [0.25, 0.3) is 33.0 Å². The Balaban J connectivity index is 1.86. The minimum atomic E-state index is -0.317. The van der Waals surface area contributed by atoms with Crippen LogP contribution in [0.1, 0.15) is 26.3 Å². The predicted octanol–water partition coefficient (Wildman–Crippen LogP) is 9.12. The van der Waals surface area contributed by atoms with Crippen molar-refractivity contribution in [2.45, 2.75) is 26.2 Å². The number of nitro groups is 1. The molecule has 1 N–H and O–H groups in total. The Bertz CT molecular complexity index is 1490. The topological polar surface area (TPSA) is 55.2 Å². The minimum absolute atomic E-state index is 0.0478. The lowest BCUT2D eigenvalue weighted by molar-refractivity contribution is -0.383. The number of rotatable bonds is 5. The van der Waals surface area contributed by atoms with Crippen LogP contribution in [0.2, 0.25) is 0 Å². The second-order valence-corrected chi connectivity index (χ2v) is 9.99. The van der Waals surface area contributed by atoms with Crippen LogP contribution in [-0.2, 0) is 5.41 Å². The summed E-state index contributed by atoms with van der Waals surface area (Å²) in [5.41, 5.74) is 6.60. The van der Waals surface area contributed by atoms with Gasteiger partial charge in [-0.3, -0.25) is 10.1 Å². The summed E-state index contributed by atoms with van der Waals surface area (Å²) in [5.74, 6) is 0. The lowest BCUT2D eigenvalue weighted by Gasteiger charge is -2.25. The van der Waals surface area contributed by atoms with Gasteiger partial charge in [-0.2, -0.15) is 0 Å². The van der Waals surface area contributed by atoms with E-state index in [2.05, 4.69) is 62.5 Å². The third-order valence-electron chi connectivity index (χ3n) is 6.53. The van der Waals surface area contributed by atoms with Crippen molar-refractivity contribution in [2.75, 3.05) is 5.32 Å². The lowest BCUT2D eigenvalue weighted by atomic mass is 9.82. The molecule has 0 unspecified atom stereocenters. The Kier molecular flexibility index (Phi) is 6.03. The third kappa shape index (κ3) is 4.46. The zero-order chi connectivity index (χ0) is 25.3. The van der Waals surface area contributed by atoms with Crippen LogP contribution in [0.15, 0.2) is 109 Å². The first kappa shape index (κ1) is 23.3. The first-order chi connectivity index (χ1) is 17.3. The maximum atomic E-state index is 12.1. The smallest absolute Gasteiger partial charge is 0.293 e. The van der Waals surface area contributed by atoms with Gasteiger partial charge in [0.15, 0.2) is 0 Å². The van der Waals surface area contributed by atoms with E-state index in [4.69, 9.17) is 0 Å². The molecule has 0 aliphatic carbocycles. The van der Waals surface area contributed by atoms with E-state index in [9.17, 15) is 10.1 Å². The number of fused-ring (bicyclic) bond motifs is 1. The second kappa shape index (κ2) is 9.31. The van der Waals surface area contributed by atoms with Gasteiger partial charge in [0.25, 0.3) is 5.69 Å². The summed E-state index contributed by atoms with van der Waals surface area (Å²) in [4.78, 5) is 11.8. The Morgan fingerprint density at radius 3 is 1.72 bits per heavy atom. The van der Waals surface area contributed by atoms with Crippen molar-refractivity contribution in [2.24, 2.45) is 0 Å². The molecule has 0 amide bonds. The molecule has 0 heterocycles. The molecule has 0 radical (unpaired) electrons. The number of nitrogens with one attached hydrogen (secondary N) is 1. The summed E-state index contributed by atoms with van der Waals surface area (Å²) in [5, 5.41) is 17.4. The number of benzene rings is 5. The fourth-order valence-electron chi connectivity index (χ4n) is 4.57. The van der Waals surface area contributed by atoms with E-state index in [1.807, 2.05) is 60.7 Å². The summed E-state index contributed by atoms with van der Waals surface area (Å²) in [6.45, 7) is 6.61. The van der Waals surface area contributed by atoms with Crippen LogP contribution in [-0.4, -0.2) is 4.92 Å². The highest BCUT2D eigenvalue weighted by Crippen LogP contribution is 2.45. The van der Waals surface area contributed by atoms with E-state index in [1.165, 1.54) is 5.56 Å². The molecular formula is C32H28N2O2. The molecule has 5 aromatic carbocycles. The predicted molar refractivity (Wildman–Crippen MR) is 150 cm³/mol. The van der Waals surface area contributed by atoms with E-state index in [0.717, 1.165) is 38.7 Å². The van der Waals surface area contributed by atoms with E-state index in [0.29, 0.717) is 5.69 Å². The fraction of sp³-hybridized carbons (Fsp3) is 0.125. The van der Waals surface area contributed by atoms with Crippen molar-refractivity contribution >= 4 is 27.8 Å². The summed E-state index contributed by atoms with van der Waals surface area (Å²) in [6.07, 6.45) is 0. The summed E-state index contributed by atoms with van der Waals surface area (Å²) < 4.78 is 0. The second-order valence-electron chi connectivity index (χ2n) is 9.99. The maximum Gasteiger partial charge on any atom is 0.293 e. The molecule has 178 valence electrons. The Morgan fingerprint density at radius 2 is 1.19 bits per heavy atom. The van der Waals surface area contributed by atoms with Crippen LogP contribution in [0, 0.1) is 10.1 Å². The lowest BCUT2D eigenvalue weighted by Crippen LogP contribution is -2.12. The summed E-state index contributed by atoms with van der Waals surface area (Å²) in [7, 11) is 0. The highest BCUT2D eigenvalue weighted by atomic mass is 16.6. The zero-order valence-electron chi connectivity index (χ0n) is 20.7. The first-order valence-corrected chi connectivity index (χ1v) is 12.1. The average Bonchev–Trinajstić information content (AvgIpc) is 2.89. The van der Waals surface area contributed by atoms with Crippen molar-refractivity contribution in [3.63, 3.8) is 0 Å². The van der Waals surface area contributed by atoms with Crippen molar-refractivity contribution in [3.05, 3.63) is 125 Å². The van der Waals surface area contributed by atoms with Gasteiger partial charge in [0.1, 0.15) is 5.69 Å². The molecule has 5 rings (SSSR count). The van der Waals surface area contributed by atoms with Gasteiger partial charge in [0.2, 0.25) is 0 Å². The number of nitro benzene ring substituents is 1. The van der Waals surface area contributed by atoms with Gasteiger partial charge in [-0.1, -0.05) is 106 Å². The monoisotopic (exact) mass is 472 g/mol. The molecule has 4 nitrogen and oxygen atoms in total. The van der Waals surface area contributed by atoms with Gasteiger partial charge in [-0.15, -0.1) is 0 Å². The molecule has 0 atom stereocenters. The number of hydrogen-bond donors (Lipinski definition) is 1. The molecule has 0 bridgehead atoms. The van der Waals surface area contributed by atoms with E-state index >= 15 is 0 Å². The van der Waals surface area contributed by atoms with Crippen molar-refractivity contribution in [3.8, 4) is 22.3 Å². The molecule has 0 saturated heterocycles. The van der Waals surface area contributed by atoms with E-state index in [1.54, 1.807) is 12.1 Å². The van der Waals surface area contributed by atoms with Gasteiger partial charge < -0.3 is 5.32 Å². The van der Waals surface area contributed by atoms with Crippen LogP contribution < -0.4 is 5.32 Å². The largest absolute Gasteiger partial charge is 0.348 e. The first-order valence-electron chi connectivity index (χ1n) is 12.1. The van der Waals surface area contributed by atoms with Crippen molar-refractivity contribution in [1.29, 1.82) is 0 Å². The zero-order valence-corrected chi connectivity index (χ0v) is 20.7. The molecule has 5 aromatic rings. The fourth-order valence-corrected chi connectivity index (χ4v) is 4.57. The summed E-state index contributed by atoms with van der Waals surface area (Å²) in [6, 6.07) is 36.0. The number of anilines is 2. The van der Waals surface area contributed by atoms with Crippen molar-refractivity contribution in [1.82, 2.24) is 0 Å².